The van der Waals surface area contributed by atoms with E-state index in [9.17, 15) is 17.6 Å². The third-order valence-corrected chi connectivity index (χ3v) is 2.66. The van der Waals surface area contributed by atoms with Crippen molar-refractivity contribution in [1.29, 1.82) is 0 Å². The first-order chi connectivity index (χ1) is 7.30. The molecule has 0 aromatic heterocycles. The van der Waals surface area contributed by atoms with Gasteiger partial charge in [0.1, 0.15) is 23.0 Å². The van der Waals surface area contributed by atoms with Gasteiger partial charge in [-0.15, -0.1) is 0 Å². The summed E-state index contributed by atoms with van der Waals surface area (Å²) in [6.45, 7) is 0.964. The van der Waals surface area contributed by atoms with E-state index in [1.165, 1.54) is 19.1 Å². The van der Waals surface area contributed by atoms with Crippen molar-refractivity contribution in [3.05, 3.63) is 29.6 Å². The Kier molecular flexibility index (Phi) is 4.18. The molecule has 0 radical (unpaired) electrons. The number of alkyl halides is 4. The number of ether oxygens (including phenoxy) is 1. The van der Waals surface area contributed by atoms with Gasteiger partial charge in [-0.2, -0.15) is 13.2 Å². The van der Waals surface area contributed by atoms with E-state index in [0.29, 0.717) is 5.56 Å². The minimum Gasteiger partial charge on any atom is -0.492 e. The zero-order chi connectivity index (χ0) is 12.3. The summed E-state index contributed by atoms with van der Waals surface area (Å²) in [7, 11) is 0. The van der Waals surface area contributed by atoms with Gasteiger partial charge < -0.3 is 4.74 Å². The molecule has 0 saturated heterocycles. The highest BCUT2D eigenvalue weighted by molar-refractivity contribution is 9.09. The quantitative estimate of drug-likeness (QED) is 0.609. The molecule has 90 valence electrons. The lowest BCUT2D eigenvalue weighted by Gasteiger charge is -2.15. The van der Waals surface area contributed by atoms with Crippen molar-refractivity contribution in [2.24, 2.45) is 0 Å². The lowest BCUT2D eigenvalue weighted by atomic mass is 10.2. The van der Waals surface area contributed by atoms with Crippen LogP contribution in [0.3, 0.4) is 0 Å². The van der Waals surface area contributed by atoms with E-state index in [-0.39, 0.29) is 5.75 Å². The van der Waals surface area contributed by atoms with Gasteiger partial charge in [0, 0.05) is 0 Å². The van der Waals surface area contributed by atoms with Crippen molar-refractivity contribution in [1.82, 2.24) is 0 Å². The molecule has 1 aromatic rings. The van der Waals surface area contributed by atoms with Crippen molar-refractivity contribution in [2.75, 3.05) is 6.61 Å². The standard InChI is InChI=1S/C10H9BrF4O/c1-6-4-7(2-3-8(6)12)16-5-9(11)10(13,14)15/h2-4,9H,5H2,1H3. The predicted octanol–water partition coefficient (Wildman–Crippen LogP) is 3.84. The first-order valence-electron chi connectivity index (χ1n) is 4.40. The van der Waals surface area contributed by atoms with Crippen LogP contribution in [0.15, 0.2) is 18.2 Å². The number of benzene rings is 1. The SMILES string of the molecule is Cc1cc(OCC(Br)C(F)(F)F)ccc1F. The van der Waals surface area contributed by atoms with Crippen LogP contribution in [0.25, 0.3) is 0 Å². The minimum absolute atomic E-state index is 0.215. The fourth-order valence-corrected chi connectivity index (χ4v) is 1.10. The highest BCUT2D eigenvalue weighted by Gasteiger charge is 2.38. The van der Waals surface area contributed by atoms with Crippen LogP contribution in [0, 0.1) is 12.7 Å². The van der Waals surface area contributed by atoms with Gasteiger partial charge in [-0.25, -0.2) is 4.39 Å². The first-order valence-corrected chi connectivity index (χ1v) is 5.32. The monoisotopic (exact) mass is 300 g/mol. The summed E-state index contributed by atoms with van der Waals surface area (Å²) in [5, 5.41) is 0. The van der Waals surface area contributed by atoms with Gasteiger partial charge in [-0.3, -0.25) is 0 Å². The van der Waals surface area contributed by atoms with Gasteiger partial charge in [-0.05, 0) is 30.7 Å². The van der Waals surface area contributed by atoms with Crippen LogP contribution in [-0.4, -0.2) is 17.6 Å². The summed E-state index contributed by atoms with van der Waals surface area (Å²) in [4.78, 5) is -1.73. The smallest absolute Gasteiger partial charge is 0.404 e. The molecule has 0 heterocycles. The normalized spacial score (nSPS) is 13.6. The van der Waals surface area contributed by atoms with E-state index in [2.05, 4.69) is 15.9 Å². The lowest BCUT2D eigenvalue weighted by molar-refractivity contribution is -0.132. The van der Waals surface area contributed by atoms with Crippen LogP contribution in [0.5, 0.6) is 5.75 Å². The molecule has 6 heteroatoms. The van der Waals surface area contributed by atoms with Gasteiger partial charge in [0.15, 0.2) is 0 Å². The zero-order valence-corrected chi connectivity index (χ0v) is 9.90. The number of rotatable bonds is 3. The third-order valence-electron chi connectivity index (χ3n) is 1.88. The Bertz CT molecular complexity index is 364. The van der Waals surface area contributed by atoms with Crippen LogP contribution in [0.1, 0.15) is 5.56 Å². The van der Waals surface area contributed by atoms with Crippen LogP contribution in [0.4, 0.5) is 17.6 Å². The molecular formula is C10H9BrF4O. The Balaban J connectivity index is 2.58. The van der Waals surface area contributed by atoms with Gasteiger partial charge in [0.25, 0.3) is 0 Å². The van der Waals surface area contributed by atoms with E-state index >= 15 is 0 Å². The fourth-order valence-electron chi connectivity index (χ4n) is 0.971. The summed E-state index contributed by atoms with van der Waals surface area (Å²) in [6.07, 6.45) is -4.35. The van der Waals surface area contributed by atoms with Gasteiger partial charge in [-0.1, -0.05) is 15.9 Å². The molecular weight excluding hydrogens is 292 g/mol. The van der Waals surface area contributed by atoms with Crippen molar-refractivity contribution in [3.63, 3.8) is 0 Å². The fraction of sp³-hybridized carbons (Fsp3) is 0.400. The Hall–Kier alpha value is -0.780. The number of halogens is 5. The van der Waals surface area contributed by atoms with E-state index in [0.717, 1.165) is 6.07 Å². The van der Waals surface area contributed by atoms with Crippen molar-refractivity contribution in [2.45, 2.75) is 17.9 Å². The van der Waals surface area contributed by atoms with E-state index in [1.807, 2.05) is 0 Å². The van der Waals surface area contributed by atoms with E-state index in [1.54, 1.807) is 0 Å². The van der Waals surface area contributed by atoms with Crippen LogP contribution < -0.4 is 4.74 Å². The van der Waals surface area contributed by atoms with Gasteiger partial charge in [0.05, 0.1) is 0 Å². The maximum atomic E-state index is 12.8. The van der Waals surface area contributed by atoms with Crippen molar-refractivity contribution < 1.29 is 22.3 Å². The molecule has 0 bridgehead atoms. The predicted molar refractivity (Wildman–Crippen MR) is 55.4 cm³/mol. The van der Waals surface area contributed by atoms with Crippen LogP contribution >= 0.6 is 15.9 Å². The van der Waals surface area contributed by atoms with E-state index in [4.69, 9.17) is 4.74 Å². The zero-order valence-electron chi connectivity index (χ0n) is 8.31. The van der Waals surface area contributed by atoms with Gasteiger partial charge >= 0.3 is 6.18 Å². The maximum Gasteiger partial charge on any atom is 0.404 e. The maximum absolute atomic E-state index is 12.8. The molecule has 0 aliphatic carbocycles. The summed E-state index contributed by atoms with van der Waals surface area (Å²) < 4.78 is 54.1. The van der Waals surface area contributed by atoms with Crippen molar-refractivity contribution >= 4 is 15.9 Å². The molecule has 1 nitrogen and oxygen atoms in total. The molecule has 1 atom stereocenters. The summed E-state index contributed by atoms with van der Waals surface area (Å²) in [5.41, 5.74) is 0.329. The number of hydrogen-bond acceptors (Lipinski definition) is 1. The molecule has 16 heavy (non-hydrogen) atoms. The summed E-state index contributed by atoms with van der Waals surface area (Å²) >= 11 is 2.46. The summed E-state index contributed by atoms with van der Waals surface area (Å²) in [5.74, 6) is -0.203. The number of aryl methyl sites for hydroxylation is 1. The average molecular weight is 301 g/mol. The van der Waals surface area contributed by atoms with Crippen LogP contribution in [-0.2, 0) is 0 Å². The second kappa shape index (κ2) is 5.03. The second-order valence-electron chi connectivity index (χ2n) is 3.23. The minimum atomic E-state index is -4.35. The molecule has 0 fully saturated rings. The topological polar surface area (TPSA) is 9.23 Å². The third kappa shape index (κ3) is 3.66. The second-order valence-corrected chi connectivity index (χ2v) is 4.34. The summed E-state index contributed by atoms with van der Waals surface area (Å²) in [6, 6.07) is 3.80. The molecule has 1 rings (SSSR count). The molecule has 1 unspecified atom stereocenters. The molecule has 0 saturated carbocycles. The number of hydrogen-bond donors (Lipinski definition) is 0. The van der Waals surface area contributed by atoms with Crippen molar-refractivity contribution in [3.8, 4) is 5.75 Å². The Labute approximate surface area is 98.5 Å². The highest BCUT2D eigenvalue weighted by atomic mass is 79.9. The highest BCUT2D eigenvalue weighted by Crippen LogP contribution is 2.27. The van der Waals surface area contributed by atoms with Crippen LogP contribution in [0.2, 0.25) is 0 Å². The lowest BCUT2D eigenvalue weighted by Crippen LogP contribution is -2.28. The largest absolute Gasteiger partial charge is 0.492 e. The molecule has 0 aliphatic heterocycles. The van der Waals surface area contributed by atoms with Gasteiger partial charge in [0.2, 0.25) is 0 Å². The Morgan fingerprint density at radius 2 is 2.00 bits per heavy atom. The first kappa shape index (κ1) is 13.3. The molecule has 0 N–H and O–H groups in total. The Morgan fingerprint density at radius 1 is 1.38 bits per heavy atom. The average Bonchev–Trinajstić information content (AvgIpc) is 2.18. The van der Waals surface area contributed by atoms with E-state index < -0.39 is 23.4 Å². The molecule has 0 aliphatic rings. The molecule has 0 spiro atoms. The Morgan fingerprint density at radius 3 is 2.50 bits per heavy atom. The molecule has 1 aromatic carbocycles. The molecule has 0 amide bonds.